The Bertz CT molecular complexity index is 1570. The number of ether oxygens (including phenoxy) is 2. The highest BCUT2D eigenvalue weighted by Gasteiger charge is 2.27. The maximum absolute atomic E-state index is 13.0. The number of nitrogens with one attached hydrogen (secondary N) is 1. The minimum atomic E-state index is -3.66. The highest BCUT2D eigenvalue weighted by atomic mass is 32.2. The largest absolute Gasteiger partial charge is 0.484 e. The number of piperazine rings is 1. The summed E-state index contributed by atoms with van der Waals surface area (Å²) in [4.78, 5) is 26.2. The normalized spacial score (nSPS) is 15.9. The van der Waals surface area contributed by atoms with Gasteiger partial charge < -0.3 is 19.7 Å². The summed E-state index contributed by atoms with van der Waals surface area (Å²) in [5.41, 5.74) is 2.85. The van der Waals surface area contributed by atoms with E-state index in [0.29, 0.717) is 43.4 Å². The lowest BCUT2D eigenvalue weighted by Gasteiger charge is -2.31. The van der Waals surface area contributed by atoms with Crippen molar-refractivity contribution in [3.05, 3.63) is 95.8 Å². The third-order valence-corrected chi connectivity index (χ3v) is 8.41. The quantitative estimate of drug-likeness (QED) is 0.455. The molecule has 200 valence electrons. The first-order valence-corrected chi connectivity index (χ1v) is 13.8. The minimum absolute atomic E-state index is 0.0441. The van der Waals surface area contributed by atoms with Crippen LogP contribution in [0.5, 0.6) is 11.5 Å². The lowest BCUT2D eigenvalue weighted by Crippen LogP contribution is -2.47. The maximum Gasteiger partial charge on any atom is 0.262 e. The van der Waals surface area contributed by atoms with Crippen molar-refractivity contribution in [3.63, 3.8) is 0 Å². The molecule has 3 aromatic rings. The number of fused-ring (bicyclic) bond motifs is 1. The van der Waals surface area contributed by atoms with Crippen LogP contribution in [-0.4, -0.2) is 69.3 Å². The highest BCUT2D eigenvalue weighted by molar-refractivity contribution is 7.89. The summed E-state index contributed by atoms with van der Waals surface area (Å²) >= 11 is 0. The SMILES string of the molecule is CN1CCN(S(=O)(=O)c2cccc(NC(=O)COc3ccc4c(c3)OC(=C=O)C=C4c3ccccc3)c2)CC1. The average molecular weight is 546 g/mol. The molecule has 0 radical (unpaired) electrons. The number of amides is 1. The first-order chi connectivity index (χ1) is 18.8. The molecule has 10 heteroatoms. The predicted octanol–water partition coefficient (Wildman–Crippen LogP) is 3.18. The smallest absolute Gasteiger partial charge is 0.262 e. The van der Waals surface area contributed by atoms with E-state index < -0.39 is 15.9 Å². The number of benzene rings is 3. The van der Waals surface area contributed by atoms with Gasteiger partial charge in [-0.05, 0) is 48.5 Å². The average Bonchev–Trinajstić information content (AvgIpc) is 2.96. The number of hydrogen-bond donors (Lipinski definition) is 1. The molecule has 0 atom stereocenters. The molecule has 3 aromatic carbocycles. The van der Waals surface area contributed by atoms with Gasteiger partial charge in [0.25, 0.3) is 5.91 Å². The van der Waals surface area contributed by atoms with Crippen LogP contribution in [0.1, 0.15) is 11.1 Å². The zero-order chi connectivity index (χ0) is 27.4. The predicted molar refractivity (Wildman–Crippen MR) is 147 cm³/mol. The van der Waals surface area contributed by atoms with Crippen LogP contribution in [0.2, 0.25) is 0 Å². The van der Waals surface area contributed by atoms with E-state index in [9.17, 15) is 18.0 Å². The second-order valence-corrected chi connectivity index (χ2v) is 11.2. The second kappa shape index (κ2) is 11.3. The van der Waals surface area contributed by atoms with Crippen molar-refractivity contribution >= 4 is 33.1 Å². The third kappa shape index (κ3) is 5.94. The lowest BCUT2D eigenvalue weighted by molar-refractivity contribution is -0.118. The number of hydrogen-bond acceptors (Lipinski definition) is 7. The molecule has 5 rings (SSSR count). The summed E-state index contributed by atoms with van der Waals surface area (Å²) in [6, 6.07) is 20.9. The Morgan fingerprint density at radius 2 is 1.77 bits per heavy atom. The Labute approximate surface area is 227 Å². The fraction of sp³-hybridized carbons (Fsp3) is 0.207. The van der Waals surface area contributed by atoms with Crippen LogP contribution in [0.3, 0.4) is 0 Å². The standard InChI is InChI=1S/C29H27N3O6S/c1-31-12-14-32(15-13-31)39(35,36)25-9-5-8-22(16-25)30-29(34)20-37-23-10-11-26-27(21-6-3-2-4-7-21)17-24(19-33)38-28(26)18-23/h2-11,16-18H,12-15,20H2,1H3,(H,30,34). The van der Waals surface area contributed by atoms with Gasteiger partial charge in [-0.15, -0.1) is 0 Å². The maximum atomic E-state index is 13.0. The fourth-order valence-electron chi connectivity index (χ4n) is 4.42. The number of nitrogens with zero attached hydrogens (tertiary/aromatic N) is 2. The van der Waals surface area contributed by atoms with Crippen molar-refractivity contribution < 1.29 is 27.5 Å². The van der Waals surface area contributed by atoms with Crippen molar-refractivity contribution in [1.82, 2.24) is 9.21 Å². The Kier molecular flexibility index (Phi) is 7.63. The van der Waals surface area contributed by atoms with Crippen LogP contribution in [0, 0.1) is 0 Å². The van der Waals surface area contributed by atoms with Gasteiger partial charge in [-0.2, -0.15) is 4.31 Å². The number of anilines is 1. The summed E-state index contributed by atoms with van der Waals surface area (Å²) in [5.74, 6) is 2.16. The van der Waals surface area contributed by atoms with E-state index in [-0.39, 0.29) is 17.3 Å². The summed E-state index contributed by atoms with van der Waals surface area (Å²) in [5, 5.41) is 2.69. The van der Waals surface area contributed by atoms with Crippen molar-refractivity contribution in [2.45, 2.75) is 4.90 Å². The molecule has 2 heterocycles. The minimum Gasteiger partial charge on any atom is -0.484 e. The van der Waals surface area contributed by atoms with Gasteiger partial charge in [0.15, 0.2) is 12.5 Å². The van der Waals surface area contributed by atoms with Crippen molar-refractivity contribution in [2.75, 3.05) is 45.2 Å². The molecule has 9 nitrogen and oxygen atoms in total. The monoisotopic (exact) mass is 545 g/mol. The van der Waals surface area contributed by atoms with Gasteiger partial charge in [0.05, 0.1) is 4.90 Å². The molecular formula is C29H27N3O6S. The van der Waals surface area contributed by atoms with Gasteiger partial charge in [-0.1, -0.05) is 36.4 Å². The van der Waals surface area contributed by atoms with Crippen LogP contribution < -0.4 is 14.8 Å². The van der Waals surface area contributed by atoms with Gasteiger partial charge in [0.1, 0.15) is 11.5 Å². The summed E-state index contributed by atoms with van der Waals surface area (Å²) in [7, 11) is -1.71. The first-order valence-electron chi connectivity index (χ1n) is 12.4. The molecule has 0 saturated carbocycles. The molecule has 0 aromatic heterocycles. The molecular weight excluding hydrogens is 518 g/mol. The molecule has 0 aliphatic carbocycles. The Morgan fingerprint density at radius 3 is 2.51 bits per heavy atom. The Balaban J connectivity index is 1.25. The molecule has 2 aliphatic rings. The van der Waals surface area contributed by atoms with E-state index in [2.05, 4.69) is 10.2 Å². The number of likely N-dealkylation sites (N-methyl/N-ethyl adjacent to an activating group) is 1. The molecule has 0 bridgehead atoms. The highest BCUT2D eigenvalue weighted by Crippen LogP contribution is 2.38. The molecule has 1 N–H and O–H groups in total. The lowest BCUT2D eigenvalue weighted by atomic mass is 9.95. The molecule has 2 aliphatic heterocycles. The first kappa shape index (κ1) is 26.4. The fourth-order valence-corrected chi connectivity index (χ4v) is 5.89. The molecule has 1 fully saturated rings. The third-order valence-electron chi connectivity index (χ3n) is 6.51. The molecule has 39 heavy (non-hydrogen) atoms. The van der Waals surface area contributed by atoms with Gasteiger partial charge in [-0.25, -0.2) is 13.2 Å². The van der Waals surface area contributed by atoms with E-state index in [4.69, 9.17) is 9.47 Å². The van der Waals surface area contributed by atoms with Crippen LogP contribution in [0.4, 0.5) is 5.69 Å². The van der Waals surface area contributed by atoms with E-state index in [0.717, 1.165) is 16.7 Å². The Hall–Kier alpha value is -4.21. The van der Waals surface area contributed by atoms with Crippen molar-refractivity contribution in [2.24, 2.45) is 0 Å². The van der Waals surface area contributed by atoms with Crippen LogP contribution in [0.15, 0.2) is 89.5 Å². The number of carbonyl (C=O) groups is 1. The van der Waals surface area contributed by atoms with Gasteiger partial charge in [0.2, 0.25) is 15.8 Å². The number of sulfonamides is 1. The van der Waals surface area contributed by atoms with Gasteiger partial charge in [0, 0.05) is 49.6 Å². The summed E-state index contributed by atoms with van der Waals surface area (Å²) in [6.07, 6.45) is 1.64. The van der Waals surface area contributed by atoms with Crippen LogP contribution in [-0.2, 0) is 19.6 Å². The zero-order valence-electron chi connectivity index (χ0n) is 21.3. The molecule has 0 unspecified atom stereocenters. The van der Waals surface area contributed by atoms with E-state index in [1.54, 1.807) is 42.3 Å². The van der Waals surface area contributed by atoms with Gasteiger partial charge >= 0.3 is 0 Å². The van der Waals surface area contributed by atoms with Crippen molar-refractivity contribution in [1.29, 1.82) is 0 Å². The number of allylic oxidation sites excluding steroid dienone is 1. The molecule has 0 spiro atoms. The number of rotatable bonds is 7. The van der Waals surface area contributed by atoms with E-state index in [1.165, 1.54) is 16.4 Å². The van der Waals surface area contributed by atoms with E-state index in [1.807, 2.05) is 37.4 Å². The summed E-state index contributed by atoms with van der Waals surface area (Å²) in [6.45, 7) is 1.85. The second-order valence-electron chi connectivity index (χ2n) is 9.22. The molecule has 1 saturated heterocycles. The summed E-state index contributed by atoms with van der Waals surface area (Å²) < 4.78 is 38.9. The van der Waals surface area contributed by atoms with E-state index >= 15 is 0 Å². The topological polar surface area (TPSA) is 105 Å². The zero-order valence-corrected chi connectivity index (χ0v) is 22.1. The van der Waals surface area contributed by atoms with Crippen molar-refractivity contribution in [3.8, 4) is 11.5 Å². The van der Waals surface area contributed by atoms with Gasteiger partial charge in [-0.3, -0.25) is 4.79 Å². The number of carbonyl (C=O) groups excluding carboxylic acids is 2. The van der Waals surface area contributed by atoms with Crippen LogP contribution >= 0.6 is 0 Å². The molecule has 1 amide bonds. The van der Waals surface area contributed by atoms with Crippen LogP contribution in [0.25, 0.3) is 5.57 Å². The Morgan fingerprint density at radius 1 is 1.00 bits per heavy atom.